The molecule has 1 aromatic heterocycles. The van der Waals surface area contributed by atoms with Crippen molar-refractivity contribution in [2.75, 3.05) is 18.6 Å². The molecule has 3 aromatic rings. The minimum atomic E-state index is -3.14. The first-order valence-electron chi connectivity index (χ1n) is 9.63. The number of hydrogen-bond donors (Lipinski definition) is 0. The second-order valence-corrected chi connectivity index (χ2v) is 10.2. The average Bonchev–Trinajstić information content (AvgIpc) is 3.28. The van der Waals surface area contributed by atoms with Gasteiger partial charge in [-0.25, -0.2) is 8.42 Å². The number of hydrogen-bond acceptors (Lipinski definition) is 5. The highest BCUT2D eigenvalue weighted by Gasteiger charge is 2.35. The van der Waals surface area contributed by atoms with Crippen LogP contribution in [0.2, 0.25) is 5.02 Å². The minimum absolute atomic E-state index is 0.0146. The van der Waals surface area contributed by atoms with Crippen LogP contribution in [0.4, 0.5) is 0 Å². The molecule has 0 aliphatic carbocycles. The lowest BCUT2D eigenvalue weighted by Gasteiger charge is -2.28. The van der Waals surface area contributed by atoms with Crippen molar-refractivity contribution in [1.82, 2.24) is 4.90 Å². The number of furan rings is 1. The van der Waals surface area contributed by atoms with Gasteiger partial charge in [-0.1, -0.05) is 23.7 Å². The third kappa shape index (κ3) is 4.47. The molecule has 1 aliphatic rings. The van der Waals surface area contributed by atoms with Crippen LogP contribution in [-0.4, -0.2) is 43.9 Å². The van der Waals surface area contributed by atoms with E-state index in [1.807, 2.05) is 18.2 Å². The highest BCUT2D eigenvalue weighted by Crippen LogP contribution is 2.28. The normalized spacial score (nSPS) is 17.9. The zero-order valence-corrected chi connectivity index (χ0v) is 18.1. The number of methoxy groups -OCH3 is 1. The van der Waals surface area contributed by atoms with Crippen LogP contribution in [-0.2, 0) is 27.6 Å². The van der Waals surface area contributed by atoms with Crippen molar-refractivity contribution in [2.45, 2.75) is 25.4 Å². The summed E-state index contributed by atoms with van der Waals surface area (Å²) in [6.07, 6.45) is 2.12. The number of sulfone groups is 1. The number of rotatable bonds is 6. The van der Waals surface area contributed by atoms with Crippen LogP contribution in [0.25, 0.3) is 11.0 Å². The molecule has 8 heteroatoms. The molecule has 4 rings (SSSR count). The van der Waals surface area contributed by atoms with E-state index in [1.54, 1.807) is 42.5 Å². The monoisotopic (exact) mass is 447 g/mol. The van der Waals surface area contributed by atoms with Crippen molar-refractivity contribution in [3.63, 3.8) is 0 Å². The second-order valence-electron chi connectivity index (χ2n) is 7.51. The van der Waals surface area contributed by atoms with Crippen molar-refractivity contribution in [3.8, 4) is 5.75 Å². The zero-order chi connectivity index (χ0) is 21.3. The first-order chi connectivity index (χ1) is 14.3. The molecular formula is C22H22ClNO5S. The lowest BCUT2D eigenvalue weighted by Crippen LogP contribution is -2.41. The summed E-state index contributed by atoms with van der Waals surface area (Å²) in [4.78, 5) is 15.0. The molecular weight excluding hydrogens is 426 g/mol. The van der Waals surface area contributed by atoms with E-state index >= 15 is 0 Å². The number of benzene rings is 2. The highest BCUT2D eigenvalue weighted by molar-refractivity contribution is 7.91. The molecule has 0 N–H and O–H groups in total. The molecule has 0 spiro atoms. The predicted molar refractivity (Wildman–Crippen MR) is 116 cm³/mol. The van der Waals surface area contributed by atoms with Gasteiger partial charge >= 0.3 is 0 Å². The number of halogens is 1. The first kappa shape index (κ1) is 20.8. The van der Waals surface area contributed by atoms with Gasteiger partial charge in [0.2, 0.25) is 5.91 Å². The summed E-state index contributed by atoms with van der Waals surface area (Å²) < 4.78 is 35.0. The summed E-state index contributed by atoms with van der Waals surface area (Å²) in [7, 11) is -1.55. The topological polar surface area (TPSA) is 76.8 Å². The summed E-state index contributed by atoms with van der Waals surface area (Å²) in [6, 6.07) is 12.3. The summed E-state index contributed by atoms with van der Waals surface area (Å²) in [5.41, 5.74) is 2.27. The number of fused-ring (bicyclic) bond motifs is 1. The van der Waals surface area contributed by atoms with Gasteiger partial charge in [-0.3, -0.25) is 4.79 Å². The molecule has 0 saturated carbocycles. The van der Waals surface area contributed by atoms with Gasteiger partial charge in [-0.2, -0.15) is 0 Å². The maximum absolute atomic E-state index is 13.3. The van der Waals surface area contributed by atoms with Crippen molar-refractivity contribution < 1.29 is 22.4 Å². The maximum Gasteiger partial charge on any atom is 0.227 e. The molecule has 30 heavy (non-hydrogen) atoms. The van der Waals surface area contributed by atoms with Gasteiger partial charge in [-0.05, 0) is 42.3 Å². The van der Waals surface area contributed by atoms with Crippen LogP contribution in [0.15, 0.2) is 53.1 Å². The molecule has 1 aliphatic heterocycles. The van der Waals surface area contributed by atoms with Crippen molar-refractivity contribution in [2.24, 2.45) is 0 Å². The molecule has 2 heterocycles. The number of nitrogens with zero attached hydrogens (tertiary/aromatic N) is 1. The van der Waals surface area contributed by atoms with Crippen LogP contribution in [0.1, 0.15) is 17.5 Å². The molecule has 1 fully saturated rings. The number of carbonyl (C=O) groups is 1. The van der Waals surface area contributed by atoms with Crippen LogP contribution in [0.5, 0.6) is 5.75 Å². The molecule has 2 aromatic carbocycles. The van der Waals surface area contributed by atoms with Crippen LogP contribution >= 0.6 is 11.6 Å². The van der Waals surface area contributed by atoms with Gasteiger partial charge in [0.05, 0.1) is 31.3 Å². The third-order valence-electron chi connectivity index (χ3n) is 5.41. The summed E-state index contributed by atoms with van der Waals surface area (Å²) in [5.74, 6) is 0.611. The van der Waals surface area contributed by atoms with E-state index in [0.717, 1.165) is 16.5 Å². The second kappa shape index (κ2) is 8.32. The van der Waals surface area contributed by atoms with E-state index in [1.165, 1.54) is 0 Å². The van der Waals surface area contributed by atoms with E-state index in [0.29, 0.717) is 29.3 Å². The number of carbonyl (C=O) groups excluding carboxylic acids is 1. The van der Waals surface area contributed by atoms with Crippen molar-refractivity contribution in [3.05, 3.63) is 64.9 Å². The first-order valence-corrected chi connectivity index (χ1v) is 11.8. The minimum Gasteiger partial charge on any atom is -0.497 e. The Labute approximate surface area is 180 Å². The maximum atomic E-state index is 13.3. The molecule has 1 unspecified atom stereocenters. The van der Waals surface area contributed by atoms with Gasteiger partial charge in [-0.15, -0.1) is 0 Å². The molecule has 1 atom stereocenters. The van der Waals surface area contributed by atoms with Gasteiger partial charge in [0.1, 0.15) is 11.3 Å². The fourth-order valence-electron chi connectivity index (χ4n) is 3.86. The average molecular weight is 448 g/mol. The third-order valence-corrected chi connectivity index (χ3v) is 7.40. The van der Waals surface area contributed by atoms with Gasteiger partial charge in [0, 0.05) is 28.6 Å². The SMILES string of the molecule is COc1ccc2occ(CC(=O)N(Cc3cccc(Cl)c3)C3CCS(=O)(=O)C3)c2c1. The molecule has 6 nitrogen and oxygen atoms in total. The molecule has 1 amide bonds. The highest BCUT2D eigenvalue weighted by atomic mass is 35.5. The predicted octanol–water partition coefficient (Wildman–Crippen LogP) is 3.85. The van der Waals surface area contributed by atoms with Crippen LogP contribution < -0.4 is 4.74 Å². The van der Waals surface area contributed by atoms with Gasteiger partial charge in [0.15, 0.2) is 9.84 Å². The quantitative estimate of drug-likeness (QED) is 0.573. The van der Waals surface area contributed by atoms with Gasteiger partial charge < -0.3 is 14.1 Å². The van der Waals surface area contributed by atoms with E-state index in [2.05, 4.69) is 0 Å². The Kier molecular flexibility index (Phi) is 5.75. The summed E-state index contributed by atoms with van der Waals surface area (Å²) in [5, 5.41) is 1.39. The molecule has 0 bridgehead atoms. The Morgan fingerprint density at radius 2 is 2.10 bits per heavy atom. The Morgan fingerprint density at radius 3 is 2.80 bits per heavy atom. The zero-order valence-electron chi connectivity index (χ0n) is 16.5. The number of amides is 1. The molecule has 158 valence electrons. The van der Waals surface area contributed by atoms with Crippen LogP contribution in [0, 0.1) is 0 Å². The van der Waals surface area contributed by atoms with Crippen LogP contribution in [0.3, 0.4) is 0 Å². The van der Waals surface area contributed by atoms with E-state index in [-0.39, 0.29) is 29.9 Å². The van der Waals surface area contributed by atoms with E-state index < -0.39 is 9.84 Å². The lowest BCUT2D eigenvalue weighted by molar-refractivity contribution is -0.133. The fraction of sp³-hybridized carbons (Fsp3) is 0.318. The van der Waals surface area contributed by atoms with Gasteiger partial charge in [0.25, 0.3) is 0 Å². The number of ether oxygens (including phenoxy) is 1. The Morgan fingerprint density at radius 1 is 1.27 bits per heavy atom. The lowest BCUT2D eigenvalue weighted by atomic mass is 10.1. The standard InChI is InChI=1S/C22H22ClNO5S/c1-28-19-5-6-21-20(11-19)16(13-29-21)10-22(25)24(18-7-8-30(26,27)14-18)12-15-3-2-4-17(23)9-15/h2-6,9,11,13,18H,7-8,10,12,14H2,1H3. The smallest absolute Gasteiger partial charge is 0.227 e. The van der Waals surface area contributed by atoms with E-state index in [9.17, 15) is 13.2 Å². The Hall–Kier alpha value is -2.51. The van der Waals surface area contributed by atoms with Crippen molar-refractivity contribution in [1.29, 1.82) is 0 Å². The summed E-state index contributed by atoms with van der Waals surface area (Å²) in [6.45, 7) is 0.304. The van der Waals surface area contributed by atoms with E-state index in [4.69, 9.17) is 20.8 Å². The Balaban J connectivity index is 1.62. The summed E-state index contributed by atoms with van der Waals surface area (Å²) >= 11 is 6.10. The Bertz CT molecular complexity index is 1190. The molecule has 1 saturated heterocycles. The largest absolute Gasteiger partial charge is 0.497 e. The fourth-order valence-corrected chi connectivity index (χ4v) is 5.81. The van der Waals surface area contributed by atoms with Crippen molar-refractivity contribution >= 4 is 38.3 Å². The molecule has 0 radical (unpaired) electrons.